The van der Waals surface area contributed by atoms with Crippen molar-refractivity contribution in [2.75, 3.05) is 6.54 Å². The van der Waals surface area contributed by atoms with Crippen molar-refractivity contribution in [3.8, 4) is 0 Å². The van der Waals surface area contributed by atoms with Gasteiger partial charge in [-0.05, 0) is 48.9 Å². The highest BCUT2D eigenvalue weighted by Gasteiger charge is 2.23. The third-order valence-electron chi connectivity index (χ3n) is 2.54. The van der Waals surface area contributed by atoms with Gasteiger partial charge in [0, 0.05) is 4.47 Å². The van der Waals surface area contributed by atoms with E-state index < -0.39 is 0 Å². The Hall–Kier alpha value is -0.340. The fourth-order valence-electron chi connectivity index (χ4n) is 1.59. The van der Waals surface area contributed by atoms with Gasteiger partial charge in [-0.15, -0.1) is 0 Å². The zero-order chi connectivity index (χ0) is 9.26. The minimum atomic E-state index is 0.724. The van der Waals surface area contributed by atoms with Crippen LogP contribution in [0.5, 0.6) is 0 Å². The molecule has 1 nitrogen and oxygen atoms in total. The first-order chi connectivity index (χ1) is 6.31. The van der Waals surface area contributed by atoms with Gasteiger partial charge >= 0.3 is 0 Å². The second-order valence-corrected chi connectivity index (χ2v) is 4.52. The van der Waals surface area contributed by atoms with Crippen LogP contribution in [0.1, 0.15) is 29.9 Å². The highest BCUT2D eigenvalue weighted by molar-refractivity contribution is 9.10. The molecule has 13 heavy (non-hydrogen) atoms. The van der Waals surface area contributed by atoms with E-state index in [1.54, 1.807) is 0 Å². The molecule has 70 valence electrons. The summed E-state index contributed by atoms with van der Waals surface area (Å²) in [7, 11) is 0. The second-order valence-electron chi connectivity index (χ2n) is 3.66. The summed E-state index contributed by atoms with van der Waals surface area (Å²) >= 11 is 3.59. The van der Waals surface area contributed by atoms with Crippen molar-refractivity contribution >= 4 is 15.9 Å². The topological polar surface area (TPSA) is 26.0 Å². The molecule has 0 aliphatic heterocycles. The van der Waals surface area contributed by atoms with Crippen molar-refractivity contribution in [1.29, 1.82) is 0 Å². The van der Waals surface area contributed by atoms with Crippen molar-refractivity contribution < 1.29 is 0 Å². The number of halogens is 1. The average molecular weight is 240 g/mol. The molecule has 0 spiro atoms. The number of benzene rings is 1. The predicted octanol–water partition coefficient (Wildman–Crippen LogP) is 2.83. The van der Waals surface area contributed by atoms with Crippen LogP contribution in [0.25, 0.3) is 0 Å². The maximum Gasteiger partial charge on any atom is 0.0210 e. The van der Waals surface area contributed by atoms with Crippen LogP contribution in [0.3, 0.4) is 0 Å². The smallest absolute Gasteiger partial charge is 0.0210 e. The minimum Gasteiger partial charge on any atom is -0.330 e. The van der Waals surface area contributed by atoms with E-state index in [2.05, 4.69) is 34.1 Å². The molecule has 0 heterocycles. The SMILES string of the molecule is NCCc1ccc(C2CC2)cc1Br. The van der Waals surface area contributed by atoms with E-state index in [0.29, 0.717) is 0 Å². The van der Waals surface area contributed by atoms with Gasteiger partial charge < -0.3 is 5.73 Å². The molecule has 0 unspecified atom stereocenters. The van der Waals surface area contributed by atoms with E-state index in [-0.39, 0.29) is 0 Å². The molecule has 1 aliphatic carbocycles. The first-order valence-electron chi connectivity index (χ1n) is 4.79. The van der Waals surface area contributed by atoms with Gasteiger partial charge in [0.05, 0.1) is 0 Å². The highest BCUT2D eigenvalue weighted by Crippen LogP contribution is 2.41. The molecule has 0 aromatic heterocycles. The lowest BCUT2D eigenvalue weighted by molar-refractivity contribution is 0.959. The fourth-order valence-corrected chi connectivity index (χ4v) is 2.19. The summed E-state index contributed by atoms with van der Waals surface area (Å²) in [5.41, 5.74) is 8.32. The third-order valence-corrected chi connectivity index (χ3v) is 3.28. The number of nitrogens with two attached hydrogens (primary N) is 1. The number of hydrogen-bond acceptors (Lipinski definition) is 1. The van der Waals surface area contributed by atoms with Crippen LogP contribution < -0.4 is 5.73 Å². The van der Waals surface area contributed by atoms with Crippen LogP contribution in [0.4, 0.5) is 0 Å². The normalized spacial score (nSPS) is 16.2. The zero-order valence-corrected chi connectivity index (χ0v) is 9.18. The van der Waals surface area contributed by atoms with Crippen molar-refractivity contribution in [2.24, 2.45) is 5.73 Å². The summed E-state index contributed by atoms with van der Waals surface area (Å²) < 4.78 is 1.22. The van der Waals surface area contributed by atoms with E-state index in [1.165, 1.54) is 28.4 Å². The molecule has 0 atom stereocenters. The molecule has 1 aliphatic rings. The lowest BCUT2D eigenvalue weighted by Crippen LogP contribution is -2.03. The predicted molar refractivity (Wildman–Crippen MR) is 58.9 cm³/mol. The lowest BCUT2D eigenvalue weighted by atomic mass is 10.1. The van der Waals surface area contributed by atoms with Gasteiger partial charge in [0.2, 0.25) is 0 Å². The minimum absolute atomic E-state index is 0.724. The second kappa shape index (κ2) is 3.81. The van der Waals surface area contributed by atoms with Gasteiger partial charge in [-0.1, -0.05) is 28.1 Å². The lowest BCUT2D eigenvalue weighted by Gasteiger charge is -2.05. The molecule has 1 aromatic carbocycles. The summed E-state index contributed by atoms with van der Waals surface area (Å²) in [6.07, 6.45) is 3.69. The Balaban J connectivity index is 2.21. The van der Waals surface area contributed by atoms with Crippen LogP contribution in [-0.4, -0.2) is 6.54 Å². The van der Waals surface area contributed by atoms with Crippen molar-refractivity contribution in [1.82, 2.24) is 0 Å². The summed E-state index contributed by atoms with van der Waals surface area (Å²) in [5, 5.41) is 0. The molecule has 0 bridgehead atoms. The molecule has 2 N–H and O–H groups in total. The molecule has 1 saturated carbocycles. The highest BCUT2D eigenvalue weighted by atomic mass is 79.9. The summed E-state index contributed by atoms with van der Waals surface area (Å²) in [5.74, 6) is 0.836. The van der Waals surface area contributed by atoms with Crippen LogP contribution in [-0.2, 0) is 6.42 Å². The molecule has 2 heteroatoms. The number of rotatable bonds is 3. The molecule has 2 rings (SSSR count). The molecule has 0 radical (unpaired) electrons. The third kappa shape index (κ3) is 2.12. The molecule has 0 amide bonds. The maximum atomic E-state index is 5.52. The molecular weight excluding hydrogens is 226 g/mol. The average Bonchev–Trinajstić information content (AvgIpc) is 2.91. The van der Waals surface area contributed by atoms with Gasteiger partial charge in [0.1, 0.15) is 0 Å². The monoisotopic (exact) mass is 239 g/mol. The van der Waals surface area contributed by atoms with Gasteiger partial charge in [-0.2, -0.15) is 0 Å². The molecule has 0 saturated heterocycles. The molecule has 1 aromatic rings. The van der Waals surface area contributed by atoms with Gasteiger partial charge in [0.15, 0.2) is 0 Å². The Bertz CT molecular complexity index is 305. The Morgan fingerprint density at radius 3 is 2.69 bits per heavy atom. The first-order valence-corrected chi connectivity index (χ1v) is 5.59. The van der Waals surface area contributed by atoms with Crippen LogP contribution in [0, 0.1) is 0 Å². The van der Waals surface area contributed by atoms with E-state index in [9.17, 15) is 0 Å². The summed E-state index contributed by atoms with van der Waals surface area (Å²) in [4.78, 5) is 0. The Labute approximate surface area is 87.5 Å². The standard InChI is InChI=1S/C11H14BrN/c12-11-7-10(8-1-2-8)4-3-9(11)5-6-13/h3-4,7-8H,1-2,5-6,13H2. The molecular formula is C11H14BrN. The first kappa shape index (κ1) is 9.22. The maximum absolute atomic E-state index is 5.52. The van der Waals surface area contributed by atoms with E-state index >= 15 is 0 Å². The fraction of sp³-hybridized carbons (Fsp3) is 0.455. The Morgan fingerprint density at radius 2 is 2.15 bits per heavy atom. The van der Waals surface area contributed by atoms with Crippen molar-refractivity contribution in [3.63, 3.8) is 0 Å². The van der Waals surface area contributed by atoms with Crippen LogP contribution in [0.2, 0.25) is 0 Å². The Kier molecular flexibility index (Phi) is 2.70. The van der Waals surface area contributed by atoms with Gasteiger partial charge in [0.25, 0.3) is 0 Å². The zero-order valence-electron chi connectivity index (χ0n) is 7.59. The quantitative estimate of drug-likeness (QED) is 0.863. The number of hydrogen-bond donors (Lipinski definition) is 1. The largest absolute Gasteiger partial charge is 0.330 e. The summed E-state index contributed by atoms with van der Waals surface area (Å²) in [6.45, 7) is 0.724. The van der Waals surface area contributed by atoms with Crippen molar-refractivity contribution in [3.05, 3.63) is 33.8 Å². The van der Waals surface area contributed by atoms with E-state index in [0.717, 1.165) is 18.9 Å². The Morgan fingerprint density at radius 1 is 1.38 bits per heavy atom. The van der Waals surface area contributed by atoms with Crippen LogP contribution >= 0.6 is 15.9 Å². The van der Waals surface area contributed by atoms with E-state index in [4.69, 9.17) is 5.73 Å². The molecule has 1 fully saturated rings. The van der Waals surface area contributed by atoms with E-state index in [1.807, 2.05) is 0 Å². The van der Waals surface area contributed by atoms with Crippen LogP contribution in [0.15, 0.2) is 22.7 Å². The summed E-state index contributed by atoms with van der Waals surface area (Å²) in [6, 6.07) is 6.70. The van der Waals surface area contributed by atoms with Gasteiger partial charge in [-0.25, -0.2) is 0 Å². The van der Waals surface area contributed by atoms with Crippen molar-refractivity contribution in [2.45, 2.75) is 25.2 Å². The van der Waals surface area contributed by atoms with Gasteiger partial charge in [-0.3, -0.25) is 0 Å².